The van der Waals surface area contributed by atoms with Crippen LogP contribution in [0.3, 0.4) is 0 Å². The molecule has 0 radical (unpaired) electrons. The van der Waals surface area contributed by atoms with Gasteiger partial charge in [0.05, 0.1) is 13.2 Å². The van der Waals surface area contributed by atoms with Crippen LogP contribution in [-0.4, -0.2) is 85.1 Å². The number of likely N-dealkylation sites (tertiary alicyclic amines) is 1. The van der Waals surface area contributed by atoms with E-state index in [9.17, 15) is 4.79 Å². The highest BCUT2D eigenvalue weighted by molar-refractivity contribution is 5.63. The summed E-state index contributed by atoms with van der Waals surface area (Å²) in [5.41, 5.74) is 5.96. The average molecular weight is 359 g/mol. The zero-order valence-corrected chi connectivity index (χ0v) is 15.9. The lowest BCUT2D eigenvalue weighted by molar-refractivity contribution is -0.271. The van der Waals surface area contributed by atoms with Gasteiger partial charge in [-0.2, -0.15) is 0 Å². The standard InChI is InChI=1S/C14H26N2O3.C3H7NO2/c1-13(2)18-12-4-3-9-17-14(12,19-13)10-16-7-5-11(15)6-8-16;1-4(2)3(5)6/h11-12H,3-10,15H2,1-2H3;1-2H3,(H,5,6). The summed E-state index contributed by atoms with van der Waals surface area (Å²) in [6.45, 7) is 7.58. The van der Waals surface area contributed by atoms with Crippen molar-refractivity contribution in [1.29, 1.82) is 0 Å². The fraction of sp³-hybridized carbons (Fsp3) is 0.941. The van der Waals surface area contributed by atoms with Crippen LogP contribution in [0.4, 0.5) is 4.79 Å². The first-order chi connectivity index (χ1) is 11.6. The van der Waals surface area contributed by atoms with Gasteiger partial charge in [0.25, 0.3) is 0 Å². The molecule has 0 saturated carbocycles. The second-order valence-corrected chi connectivity index (χ2v) is 7.70. The van der Waals surface area contributed by atoms with E-state index in [0.29, 0.717) is 6.04 Å². The molecule has 0 spiro atoms. The summed E-state index contributed by atoms with van der Waals surface area (Å²) in [5, 5.41) is 7.92. The molecule has 8 nitrogen and oxygen atoms in total. The molecule has 3 aliphatic heterocycles. The first-order valence-electron chi connectivity index (χ1n) is 9.04. The van der Waals surface area contributed by atoms with Crippen LogP contribution < -0.4 is 5.73 Å². The number of piperidine rings is 1. The third-order valence-electron chi connectivity index (χ3n) is 4.75. The van der Waals surface area contributed by atoms with Gasteiger partial charge in [0.1, 0.15) is 6.10 Å². The molecule has 0 aromatic heterocycles. The van der Waals surface area contributed by atoms with Gasteiger partial charge in [0.2, 0.25) is 5.79 Å². The molecule has 2 atom stereocenters. The molecule has 0 bridgehead atoms. The molecule has 3 aliphatic rings. The van der Waals surface area contributed by atoms with Crippen molar-refractivity contribution in [3.05, 3.63) is 0 Å². The van der Waals surface area contributed by atoms with Crippen LogP contribution in [0.25, 0.3) is 0 Å². The minimum atomic E-state index is -0.907. The number of nitrogens with zero attached hydrogens (tertiary/aromatic N) is 2. The minimum Gasteiger partial charge on any atom is -0.465 e. The van der Waals surface area contributed by atoms with E-state index in [2.05, 4.69) is 4.90 Å². The maximum atomic E-state index is 9.62. The number of amides is 1. The van der Waals surface area contributed by atoms with Gasteiger partial charge >= 0.3 is 6.09 Å². The summed E-state index contributed by atoms with van der Waals surface area (Å²) in [7, 11) is 2.95. The predicted molar refractivity (Wildman–Crippen MR) is 93.3 cm³/mol. The maximum Gasteiger partial charge on any atom is 0.406 e. The lowest BCUT2D eigenvalue weighted by Gasteiger charge is -2.41. The van der Waals surface area contributed by atoms with E-state index >= 15 is 0 Å². The van der Waals surface area contributed by atoms with Crippen molar-refractivity contribution in [3.63, 3.8) is 0 Å². The fourth-order valence-corrected chi connectivity index (χ4v) is 3.46. The van der Waals surface area contributed by atoms with Crippen LogP contribution in [0.2, 0.25) is 0 Å². The summed E-state index contributed by atoms with van der Waals surface area (Å²) >= 11 is 0. The largest absolute Gasteiger partial charge is 0.465 e. The zero-order valence-electron chi connectivity index (χ0n) is 15.9. The van der Waals surface area contributed by atoms with E-state index in [1.807, 2.05) is 13.8 Å². The molecule has 3 fully saturated rings. The van der Waals surface area contributed by atoms with Crippen molar-refractivity contribution in [3.8, 4) is 0 Å². The van der Waals surface area contributed by atoms with Crippen LogP contribution in [-0.2, 0) is 14.2 Å². The monoisotopic (exact) mass is 359 g/mol. The Morgan fingerprint density at radius 1 is 1.28 bits per heavy atom. The molecular weight excluding hydrogens is 326 g/mol. The van der Waals surface area contributed by atoms with Crippen LogP contribution >= 0.6 is 0 Å². The molecule has 25 heavy (non-hydrogen) atoms. The van der Waals surface area contributed by atoms with Crippen molar-refractivity contribution in [1.82, 2.24) is 9.80 Å². The topological polar surface area (TPSA) is 97.5 Å². The lowest BCUT2D eigenvalue weighted by atomic mass is 9.99. The van der Waals surface area contributed by atoms with E-state index < -0.39 is 17.7 Å². The molecule has 0 aromatic rings. The van der Waals surface area contributed by atoms with Crippen molar-refractivity contribution in [2.24, 2.45) is 5.73 Å². The Morgan fingerprint density at radius 2 is 1.88 bits per heavy atom. The number of ether oxygens (including phenoxy) is 3. The molecule has 3 heterocycles. The highest BCUT2D eigenvalue weighted by Gasteiger charge is 2.56. The number of fused-ring (bicyclic) bond motifs is 1. The highest BCUT2D eigenvalue weighted by Crippen LogP contribution is 2.42. The maximum absolute atomic E-state index is 9.62. The Hall–Kier alpha value is -0.930. The van der Waals surface area contributed by atoms with Crippen LogP contribution in [0.15, 0.2) is 0 Å². The molecule has 2 unspecified atom stereocenters. The Bertz CT molecular complexity index is 452. The van der Waals surface area contributed by atoms with E-state index in [4.69, 9.17) is 25.1 Å². The van der Waals surface area contributed by atoms with Gasteiger partial charge in [-0.25, -0.2) is 4.79 Å². The first kappa shape index (κ1) is 20.4. The molecule has 3 saturated heterocycles. The molecule has 0 aromatic carbocycles. The second kappa shape index (κ2) is 8.18. The summed E-state index contributed by atoms with van der Waals surface area (Å²) in [4.78, 5) is 13.1. The van der Waals surface area contributed by atoms with E-state index in [-0.39, 0.29) is 6.10 Å². The molecule has 8 heteroatoms. The molecule has 3 N–H and O–H groups in total. The normalized spacial score (nSPS) is 32.4. The van der Waals surface area contributed by atoms with Gasteiger partial charge in [-0.05, 0) is 52.6 Å². The number of carbonyl (C=O) groups is 1. The van der Waals surface area contributed by atoms with Crippen LogP contribution in [0.5, 0.6) is 0 Å². The number of hydrogen-bond donors (Lipinski definition) is 2. The highest BCUT2D eigenvalue weighted by atomic mass is 16.8. The summed E-state index contributed by atoms with van der Waals surface area (Å²) in [5.74, 6) is -1.11. The SMILES string of the molecule is CC1(C)OC2CCCOC2(CN2CCC(N)CC2)O1.CN(C)C(=O)O. The Morgan fingerprint density at radius 3 is 2.44 bits per heavy atom. The molecule has 0 aliphatic carbocycles. The van der Waals surface area contributed by atoms with Gasteiger partial charge in [0, 0.05) is 20.1 Å². The summed E-state index contributed by atoms with van der Waals surface area (Å²) < 4.78 is 18.2. The van der Waals surface area contributed by atoms with Gasteiger partial charge in [0.15, 0.2) is 5.79 Å². The van der Waals surface area contributed by atoms with Gasteiger partial charge in [-0.1, -0.05) is 0 Å². The van der Waals surface area contributed by atoms with Crippen LogP contribution in [0.1, 0.15) is 39.5 Å². The van der Waals surface area contributed by atoms with Gasteiger partial charge < -0.3 is 30.0 Å². The number of nitrogens with two attached hydrogens (primary N) is 1. The first-order valence-corrected chi connectivity index (χ1v) is 9.04. The van der Waals surface area contributed by atoms with E-state index in [1.54, 1.807) is 0 Å². The predicted octanol–water partition coefficient (Wildman–Crippen LogP) is 1.29. The van der Waals surface area contributed by atoms with Crippen LogP contribution in [0, 0.1) is 0 Å². The smallest absolute Gasteiger partial charge is 0.406 e. The Balaban J connectivity index is 0.000000326. The van der Waals surface area contributed by atoms with E-state index in [0.717, 1.165) is 56.8 Å². The fourth-order valence-electron chi connectivity index (χ4n) is 3.46. The number of carboxylic acid groups (broad SMARTS) is 1. The zero-order chi connectivity index (χ0) is 18.7. The van der Waals surface area contributed by atoms with Gasteiger partial charge in [-0.15, -0.1) is 0 Å². The number of rotatable bonds is 2. The van der Waals surface area contributed by atoms with Crippen molar-refractivity contribution < 1.29 is 24.1 Å². The van der Waals surface area contributed by atoms with Gasteiger partial charge in [-0.3, -0.25) is 4.90 Å². The Labute approximate surface area is 150 Å². The molecule has 1 amide bonds. The number of hydrogen-bond acceptors (Lipinski definition) is 6. The second-order valence-electron chi connectivity index (χ2n) is 7.70. The third-order valence-corrected chi connectivity index (χ3v) is 4.75. The Kier molecular flexibility index (Phi) is 6.67. The van der Waals surface area contributed by atoms with Crippen molar-refractivity contribution in [2.75, 3.05) is 40.3 Å². The van der Waals surface area contributed by atoms with E-state index in [1.165, 1.54) is 14.1 Å². The molecule has 3 rings (SSSR count). The lowest BCUT2D eigenvalue weighted by Crippen LogP contribution is -2.56. The molecule has 146 valence electrons. The minimum absolute atomic E-state index is 0.0619. The third kappa shape index (κ3) is 5.52. The van der Waals surface area contributed by atoms with Crippen molar-refractivity contribution in [2.45, 2.75) is 63.3 Å². The average Bonchev–Trinajstić information content (AvgIpc) is 2.79. The molecular formula is C17H33N3O5. The quantitative estimate of drug-likeness (QED) is 0.767. The van der Waals surface area contributed by atoms with Crippen molar-refractivity contribution >= 4 is 6.09 Å². The summed E-state index contributed by atoms with van der Waals surface area (Å²) in [6.07, 6.45) is 3.35. The summed E-state index contributed by atoms with van der Waals surface area (Å²) in [6, 6.07) is 0.356.